The van der Waals surface area contributed by atoms with Crippen molar-refractivity contribution < 1.29 is 9.72 Å². The second-order valence-corrected chi connectivity index (χ2v) is 5.05. The van der Waals surface area contributed by atoms with Gasteiger partial charge in [0.2, 0.25) is 0 Å². The maximum Gasteiger partial charge on any atom is 0.277 e. The van der Waals surface area contributed by atoms with Gasteiger partial charge in [0.25, 0.3) is 11.6 Å². The number of amides is 1. The number of aromatic nitrogens is 3. The summed E-state index contributed by atoms with van der Waals surface area (Å²) in [5.41, 5.74) is 1.62. The minimum atomic E-state index is -0.499. The summed E-state index contributed by atoms with van der Waals surface area (Å²) in [6.45, 7) is 0.513. The zero-order chi connectivity index (χ0) is 16.9. The van der Waals surface area contributed by atoms with E-state index < -0.39 is 10.8 Å². The van der Waals surface area contributed by atoms with Crippen LogP contribution in [0.5, 0.6) is 0 Å². The van der Waals surface area contributed by atoms with Crippen LogP contribution in [0, 0.1) is 10.1 Å². The summed E-state index contributed by atoms with van der Waals surface area (Å²) in [6, 6.07) is 15.3. The van der Waals surface area contributed by atoms with Crippen molar-refractivity contribution in [2.75, 3.05) is 5.32 Å². The lowest BCUT2D eigenvalue weighted by atomic mass is 10.2. The molecule has 3 aromatic rings. The minimum Gasteiger partial charge on any atom is -0.321 e. The highest BCUT2D eigenvalue weighted by molar-refractivity contribution is 6.02. The summed E-state index contributed by atoms with van der Waals surface area (Å²) in [5, 5.41) is 21.0. The lowest BCUT2D eigenvalue weighted by molar-refractivity contribution is -0.384. The van der Waals surface area contributed by atoms with Crippen LogP contribution in [0.1, 0.15) is 16.1 Å². The molecule has 0 aliphatic rings. The zero-order valence-corrected chi connectivity index (χ0v) is 12.5. The molecule has 0 aliphatic carbocycles. The van der Waals surface area contributed by atoms with E-state index in [0.29, 0.717) is 12.2 Å². The number of benzene rings is 2. The summed E-state index contributed by atoms with van der Waals surface area (Å²) in [5.74, 6) is -0.428. The number of rotatable bonds is 5. The summed E-state index contributed by atoms with van der Waals surface area (Å²) >= 11 is 0. The van der Waals surface area contributed by atoms with Gasteiger partial charge in [-0.2, -0.15) is 0 Å². The topological polar surface area (TPSA) is 103 Å². The van der Waals surface area contributed by atoms with Crippen LogP contribution in [-0.2, 0) is 6.54 Å². The van der Waals surface area contributed by atoms with Gasteiger partial charge in [0, 0.05) is 17.8 Å². The molecule has 0 spiro atoms. The lowest BCUT2D eigenvalue weighted by Crippen LogP contribution is -2.12. The molecular weight excluding hydrogens is 310 g/mol. The third-order valence-corrected chi connectivity index (χ3v) is 3.29. The highest BCUT2D eigenvalue weighted by atomic mass is 16.6. The predicted octanol–water partition coefficient (Wildman–Crippen LogP) is 2.49. The van der Waals surface area contributed by atoms with Gasteiger partial charge in [0.05, 0.1) is 17.7 Å². The van der Waals surface area contributed by atoms with Crippen molar-refractivity contribution in [1.82, 2.24) is 15.0 Å². The molecule has 0 atom stereocenters. The molecule has 0 unspecified atom stereocenters. The molecule has 1 heterocycles. The molecule has 0 bridgehead atoms. The molecule has 1 aromatic heterocycles. The molecule has 0 saturated heterocycles. The Morgan fingerprint density at radius 2 is 1.83 bits per heavy atom. The third-order valence-electron chi connectivity index (χ3n) is 3.29. The van der Waals surface area contributed by atoms with Gasteiger partial charge in [0.15, 0.2) is 5.69 Å². The van der Waals surface area contributed by atoms with Crippen molar-refractivity contribution in [1.29, 1.82) is 0 Å². The fourth-order valence-corrected chi connectivity index (χ4v) is 2.11. The quantitative estimate of drug-likeness (QED) is 0.574. The molecule has 0 fully saturated rings. The standard InChI is InChI=1S/C16H13N5O3/c22-16(17-13-6-8-14(9-7-13)21(23)24)15-11-20(19-18-15)10-12-4-2-1-3-5-12/h1-9,11H,10H2,(H,17,22). The number of carbonyl (C=O) groups is 1. The maximum atomic E-state index is 12.1. The molecule has 120 valence electrons. The molecular formula is C16H13N5O3. The Morgan fingerprint density at radius 1 is 1.12 bits per heavy atom. The van der Waals surface area contributed by atoms with Crippen LogP contribution in [0.3, 0.4) is 0 Å². The Bertz CT molecular complexity index is 859. The number of anilines is 1. The van der Waals surface area contributed by atoms with E-state index in [-0.39, 0.29) is 11.4 Å². The fourth-order valence-electron chi connectivity index (χ4n) is 2.11. The Kier molecular flexibility index (Phi) is 4.28. The van der Waals surface area contributed by atoms with Gasteiger partial charge in [-0.25, -0.2) is 4.68 Å². The van der Waals surface area contributed by atoms with Crippen molar-refractivity contribution in [2.45, 2.75) is 6.54 Å². The number of carbonyl (C=O) groups excluding carboxylic acids is 1. The molecule has 0 aliphatic heterocycles. The second-order valence-electron chi connectivity index (χ2n) is 5.05. The molecule has 3 rings (SSSR count). The predicted molar refractivity (Wildman–Crippen MR) is 86.6 cm³/mol. The molecule has 24 heavy (non-hydrogen) atoms. The largest absolute Gasteiger partial charge is 0.321 e. The van der Waals surface area contributed by atoms with Crippen molar-refractivity contribution in [3.63, 3.8) is 0 Å². The van der Waals surface area contributed by atoms with E-state index in [9.17, 15) is 14.9 Å². The van der Waals surface area contributed by atoms with E-state index in [1.807, 2.05) is 30.3 Å². The van der Waals surface area contributed by atoms with Crippen LogP contribution < -0.4 is 5.32 Å². The molecule has 8 heteroatoms. The van der Waals surface area contributed by atoms with E-state index >= 15 is 0 Å². The van der Waals surface area contributed by atoms with Gasteiger partial charge in [-0.15, -0.1) is 5.10 Å². The number of nitro benzene ring substituents is 1. The number of hydrogen-bond acceptors (Lipinski definition) is 5. The Morgan fingerprint density at radius 3 is 2.50 bits per heavy atom. The van der Waals surface area contributed by atoms with E-state index in [2.05, 4.69) is 15.6 Å². The maximum absolute atomic E-state index is 12.1. The summed E-state index contributed by atoms with van der Waals surface area (Å²) in [6.07, 6.45) is 1.55. The number of hydrogen-bond donors (Lipinski definition) is 1. The second kappa shape index (κ2) is 6.69. The van der Waals surface area contributed by atoms with Crippen LogP contribution >= 0.6 is 0 Å². The fraction of sp³-hybridized carbons (Fsp3) is 0.0625. The van der Waals surface area contributed by atoms with E-state index in [1.165, 1.54) is 24.3 Å². The van der Waals surface area contributed by atoms with E-state index in [0.717, 1.165) is 5.56 Å². The summed E-state index contributed by atoms with van der Waals surface area (Å²) in [7, 11) is 0. The van der Waals surface area contributed by atoms with E-state index in [1.54, 1.807) is 10.9 Å². The average Bonchev–Trinajstić information content (AvgIpc) is 3.05. The summed E-state index contributed by atoms with van der Waals surface area (Å²) < 4.78 is 1.57. The van der Waals surface area contributed by atoms with Crippen LogP contribution in [-0.4, -0.2) is 25.8 Å². The number of nitrogens with one attached hydrogen (secondary N) is 1. The van der Waals surface area contributed by atoms with E-state index in [4.69, 9.17) is 0 Å². The lowest BCUT2D eigenvalue weighted by Gasteiger charge is -2.02. The van der Waals surface area contributed by atoms with Crippen LogP contribution in [0.15, 0.2) is 60.8 Å². The van der Waals surface area contributed by atoms with Gasteiger partial charge in [-0.3, -0.25) is 14.9 Å². The van der Waals surface area contributed by atoms with Gasteiger partial charge >= 0.3 is 0 Å². The average molecular weight is 323 g/mol. The van der Waals surface area contributed by atoms with Crippen LogP contribution in [0.4, 0.5) is 11.4 Å². The molecule has 1 amide bonds. The number of non-ortho nitro benzene ring substituents is 1. The molecule has 0 saturated carbocycles. The van der Waals surface area contributed by atoms with Gasteiger partial charge in [-0.05, 0) is 17.7 Å². The normalized spacial score (nSPS) is 10.3. The molecule has 1 N–H and O–H groups in total. The minimum absolute atomic E-state index is 0.0400. The first kappa shape index (κ1) is 15.3. The Labute approximate surface area is 136 Å². The Balaban J connectivity index is 1.66. The highest BCUT2D eigenvalue weighted by Gasteiger charge is 2.12. The first-order valence-electron chi connectivity index (χ1n) is 7.12. The molecule has 2 aromatic carbocycles. The number of nitrogens with zero attached hydrogens (tertiary/aromatic N) is 4. The smallest absolute Gasteiger partial charge is 0.277 e. The highest BCUT2D eigenvalue weighted by Crippen LogP contribution is 2.16. The van der Waals surface area contributed by atoms with Crippen molar-refractivity contribution >= 4 is 17.3 Å². The van der Waals surface area contributed by atoms with Crippen LogP contribution in [0.25, 0.3) is 0 Å². The van der Waals surface area contributed by atoms with Crippen molar-refractivity contribution in [3.05, 3.63) is 82.2 Å². The zero-order valence-electron chi connectivity index (χ0n) is 12.5. The van der Waals surface area contributed by atoms with Crippen molar-refractivity contribution in [3.8, 4) is 0 Å². The van der Waals surface area contributed by atoms with Crippen LogP contribution in [0.2, 0.25) is 0 Å². The van der Waals surface area contributed by atoms with Gasteiger partial charge < -0.3 is 5.32 Å². The number of nitro groups is 1. The first-order valence-corrected chi connectivity index (χ1v) is 7.12. The first-order chi connectivity index (χ1) is 11.6. The van der Waals surface area contributed by atoms with Gasteiger partial charge in [0.1, 0.15) is 0 Å². The SMILES string of the molecule is O=C(Nc1ccc([N+](=O)[O-])cc1)c1cn(Cc2ccccc2)nn1. The Hall–Kier alpha value is -3.55. The molecule has 0 radical (unpaired) electrons. The monoisotopic (exact) mass is 323 g/mol. The molecule has 8 nitrogen and oxygen atoms in total. The summed E-state index contributed by atoms with van der Waals surface area (Å²) in [4.78, 5) is 22.2. The third kappa shape index (κ3) is 3.61. The van der Waals surface area contributed by atoms with Gasteiger partial charge in [-0.1, -0.05) is 35.5 Å². The van der Waals surface area contributed by atoms with Crippen molar-refractivity contribution in [2.24, 2.45) is 0 Å².